The van der Waals surface area contributed by atoms with Gasteiger partial charge >= 0.3 is 5.97 Å². The zero-order valence-electron chi connectivity index (χ0n) is 14.3. The van der Waals surface area contributed by atoms with Gasteiger partial charge in [0.05, 0.1) is 11.7 Å². The molecule has 1 atom stereocenters. The predicted molar refractivity (Wildman–Crippen MR) is 91.5 cm³/mol. The third kappa shape index (κ3) is 4.54. The number of carbonyl (C=O) groups is 2. The number of halogens is 1. The maximum absolute atomic E-state index is 12.9. The Labute approximate surface area is 148 Å². The molecule has 0 bridgehead atoms. The van der Waals surface area contributed by atoms with Crippen LogP contribution in [0.15, 0.2) is 24.3 Å². The summed E-state index contributed by atoms with van der Waals surface area (Å²) in [4.78, 5) is 28.0. The first-order valence-electron chi connectivity index (χ1n) is 7.56. The van der Waals surface area contributed by atoms with Gasteiger partial charge in [0.15, 0.2) is 5.60 Å². The highest BCUT2D eigenvalue weighted by molar-refractivity contribution is 7.13. The standard InChI is InChI=1S/C17H19FN2O4S/c1-9-13(15(21)22)25-14(19-9)10(2)20-16(23)17(3,4)24-12-7-5-11(18)6-8-12/h5-8,10H,1-4H3,(H,20,23)(H,21,22). The minimum atomic E-state index is -1.20. The average Bonchev–Trinajstić information content (AvgIpc) is 2.91. The molecule has 0 radical (unpaired) electrons. The lowest BCUT2D eigenvalue weighted by Gasteiger charge is -2.26. The van der Waals surface area contributed by atoms with E-state index < -0.39 is 29.3 Å². The summed E-state index contributed by atoms with van der Waals surface area (Å²) in [6.07, 6.45) is 0. The normalized spacial score (nSPS) is 12.5. The highest BCUT2D eigenvalue weighted by atomic mass is 32.1. The number of nitrogens with zero attached hydrogens (tertiary/aromatic N) is 1. The fourth-order valence-corrected chi connectivity index (χ4v) is 2.98. The number of aromatic nitrogens is 1. The maximum atomic E-state index is 12.9. The van der Waals surface area contributed by atoms with E-state index in [1.165, 1.54) is 24.3 Å². The van der Waals surface area contributed by atoms with Crippen LogP contribution in [0.3, 0.4) is 0 Å². The lowest BCUT2D eigenvalue weighted by atomic mass is 10.1. The minimum Gasteiger partial charge on any atom is -0.478 e. The molecule has 1 aromatic heterocycles. The van der Waals surface area contributed by atoms with Gasteiger partial charge in [-0.2, -0.15) is 0 Å². The van der Waals surface area contributed by atoms with E-state index in [9.17, 15) is 14.0 Å². The Morgan fingerprint density at radius 1 is 1.32 bits per heavy atom. The number of aryl methyl sites for hydroxylation is 1. The first-order valence-corrected chi connectivity index (χ1v) is 8.38. The van der Waals surface area contributed by atoms with Crippen molar-refractivity contribution in [2.45, 2.75) is 39.3 Å². The second-order valence-corrected chi connectivity index (χ2v) is 7.06. The van der Waals surface area contributed by atoms with Crippen LogP contribution >= 0.6 is 11.3 Å². The average molecular weight is 366 g/mol. The Balaban J connectivity index is 2.07. The largest absolute Gasteiger partial charge is 0.478 e. The predicted octanol–water partition coefficient (Wildman–Crippen LogP) is 3.32. The van der Waals surface area contributed by atoms with E-state index >= 15 is 0 Å². The van der Waals surface area contributed by atoms with Gasteiger partial charge in [0.2, 0.25) is 0 Å². The smallest absolute Gasteiger partial charge is 0.347 e. The number of carboxylic acids is 1. The third-order valence-corrected chi connectivity index (χ3v) is 4.79. The van der Waals surface area contributed by atoms with Crippen LogP contribution in [0, 0.1) is 12.7 Å². The number of nitrogens with one attached hydrogen (secondary N) is 1. The molecule has 1 heterocycles. The quantitative estimate of drug-likeness (QED) is 0.819. The Morgan fingerprint density at radius 2 is 1.92 bits per heavy atom. The molecule has 0 fully saturated rings. The Morgan fingerprint density at radius 3 is 2.44 bits per heavy atom. The van der Waals surface area contributed by atoms with E-state index in [-0.39, 0.29) is 4.88 Å². The third-order valence-electron chi connectivity index (χ3n) is 3.46. The molecule has 1 amide bonds. The SMILES string of the molecule is Cc1nc(C(C)NC(=O)C(C)(C)Oc2ccc(F)cc2)sc1C(=O)O. The van der Waals surface area contributed by atoms with Crippen LogP contribution in [0.2, 0.25) is 0 Å². The number of rotatable bonds is 6. The van der Waals surface area contributed by atoms with Gasteiger partial charge in [-0.1, -0.05) is 0 Å². The summed E-state index contributed by atoms with van der Waals surface area (Å²) in [5, 5.41) is 12.4. The van der Waals surface area contributed by atoms with Crippen molar-refractivity contribution in [3.05, 3.63) is 45.7 Å². The van der Waals surface area contributed by atoms with E-state index in [2.05, 4.69) is 10.3 Å². The van der Waals surface area contributed by atoms with Crippen LogP contribution in [-0.4, -0.2) is 27.6 Å². The molecule has 0 aliphatic carbocycles. The molecule has 0 aliphatic heterocycles. The molecule has 6 nitrogen and oxygen atoms in total. The number of benzene rings is 1. The van der Waals surface area contributed by atoms with E-state index in [0.29, 0.717) is 16.5 Å². The van der Waals surface area contributed by atoms with Crippen LogP contribution in [0.5, 0.6) is 5.75 Å². The fourth-order valence-electron chi connectivity index (χ4n) is 2.08. The van der Waals surface area contributed by atoms with Gasteiger partial charge in [0.25, 0.3) is 5.91 Å². The molecular formula is C17H19FN2O4S. The lowest BCUT2D eigenvalue weighted by molar-refractivity contribution is -0.134. The van der Waals surface area contributed by atoms with Crippen molar-refractivity contribution >= 4 is 23.2 Å². The van der Waals surface area contributed by atoms with Crippen molar-refractivity contribution in [3.8, 4) is 5.75 Å². The molecule has 1 aromatic carbocycles. The lowest BCUT2D eigenvalue weighted by Crippen LogP contribution is -2.47. The molecule has 2 aromatic rings. The van der Waals surface area contributed by atoms with Crippen molar-refractivity contribution in [1.82, 2.24) is 10.3 Å². The van der Waals surface area contributed by atoms with E-state index in [4.69, 9.17) is 9.84 Å². The van der Waals surface area contributed by atoms with Crippen molar-refractivity contribution in [2.75, 3.05) is 0 Å². The number of carboxylic acid groups (broad SMARTS) is 1. The Hall–Kier alpha value is -2.48. The number of ether oxygens (including phenoxy) is 1. The minimum absolute atomic E-state index is 0.151. The molecule has 0 saturated carbocycles. The van der Waals surface area contributed by atoms with Crippen LogP contribution in [0.1, 0.15) is 47.2 Å². The van der Waals surface area contributed by atoms with E-state index in [1.807, 2.05) is 0 Å². The van der Waals surface area contributed by atoms with Crippen molar-refractivity contribution in [2.24, 2.45) is 0 Å². The van der Waals surface area contributed by atoms with Crippen molar-refractivity contribution in [3.63, 3.8) is 0 Å². The Kier molecular flexibility index (Phi) is 5.42. The van der Waals surface area contributed by atoms with Crippen molar-refractivity contribution in [1.29, 1.82) is 0 Å². The van der Waals surface area contributed by atoms with Gasteiger partial charge in [0, 0.05) is 0 Å². The molecule has 134 valence electrons. The zero-order valence-corrected chi connectivity index (χ0v) is 15.1. The summed E-state index contributed by atoms with van der Waals surface area (Å²) >= 11 is 1.03. The molecule has 0 spiro atoms. The summed E-state index contributed by atoms with van der Waals surface area (Å²) in [5.41, 5.74) is -0.788. The van der Waals surface area contributed by atoms with Crippen LogP contribution in [0.25, 0.3) is 0 Å². The monoisotopic (exact) mass is 366 g/mol. The number of thiazole rings is 1. The van der Waals surface area contributed by atoms with Gasteiger partial charge < -0.3 is 15.2 Å². The van der Waals surface area contributed by atoms with Crippen LogP contribution in [-0.2, 0) is 4.79 Å². The first-order chi connectivity index (χ1) is 11.6. The number of amides is 1. The summed E-state index contributed by atoms with van der Waals surface area (Å²) in [6.45, 7) is 6.51. The molecule has 0 saturated heterocycles. The molecule has 25 heavy (non-hydrogen) atoms. The van der Waals surface area contributed by atoms with E-state index in [1.54, 1.807) is 27.7 Å². The topological polar surface area (TPSA) is 88.5 Å². The fraction of sp³-hybridized carbons (Fsp3) is 0.353. The number of aromatic carboxylic acids is 1. The summed E-state index contributed by atoms with van der Waals surface area (Å²) in [6, 6.07) is 4.91. The Bertz CT molecular complexity index is 786. The van der Waals surface area contributed by atoms with Crippen molar-refractivity contribution < 1.29 is 23.8 Å². The number of hydrogen-bond acceptors (Lipinski definition) is 5. The van der Waals surface area contributed by atoms with E-state index in [0.717, 1.165) is 11.3 Å². The second kappa shape index (κ2) is 7.18. The van der Waals surface area contributed by atoms with Gasteiger partial charge in [0.1, 0.15) is 21.5 Å². The molecule has 2 rings (SSSR count). The van der Waals surface area contributed by atoms with Gasteiger partial charge in [-0.05, 0) is 52.0 Å². The maximum Gasteiger partial charge on any atom is 0.347 e. The molecule has 0 aliphatic rings. The molecule has 8 heteroatoms. The van der Waals surface area contributed by atoms with Crippen LogP contribution in [0.4, 0.5) is 4.39 Å². The summed E-state index contributed by atoms with van der Waals surface area (Å²) in [7, 11) is 0. The molecule has 2 N–H and O–H groups in total. The molecular weight excluding hydrogens is 347 g/mol. The molecule has 1 unspecified atom stereocenters. The zero-order chi connectivity index (χ0) is 18.8. The second-order valence-electron chi connectivity index (χ2n) is 6.03. The van der Waals surface area contributed by atoms with Crippen LogP contribution < -0.4 is 10.1 Å². The highest BCUT2D eigenvalue weighted by Crippen LogP contribution is 2.25. The highest BCUT2D eigenvalue weighted by Gasteiger charge is 2.32. The first kappa shape index (κ1) is 18.9. The summed E-state index contributed by atoms with van der Waals surface area (Å²) < 4.78 is 18.6. The number of hydrogen-bond donors (Lipinski definition) is 2. The van der Waals surface area contributed by atoms with Gasteiger partial charge in [-0.3, -0.25) is 4.79 Å². The summed E-state index contributed by atoms with van der Waals surface area (Å²) in [5.74, 6) is -1.46. The van der Waals surface area contributed by atoms with Gasteiger partial charge in [-0.25, -0.2) is 14.2 Å². The van der Waals surface area contributed by atoms with Gasteiger partial charge in [-0.15, -0.1) is 11.3 Å². The number of carbonyl (C=O) groups excluding carboxylic acids is 1.